The molecule has 0 radical (unpaired) electrons. The quantitative estimate of drug-likeness (QED) is 0.644. The number of carbonyl (C=O) groups is 2. The molecule has 0 atom stereocenters. The number of carboxylic acid groups (broad SMARTS) is 1. The molecule has 0 fully saturated rings. The molecule has 0 aliphatic carbocycles. The van der Waals surface area contributed by atoms with Crippen molar-refractivity contribution >= 4 is 11.9 Å². The Morgan fingerprint density at radius 2 is 1.87 bits per heavy atom. The molecule has 0 unspecified atom stereocenters. The van der Waals surface area contributed by atoms with Crippen LogP contribution < -0.4 is 0 Å². The van der Waals surface area contributed by atoms with Crippen LogP contribution in [0, 0.1) is 5.92 Å². The summed E-state index contributed by atoms with van der Waals surface area (Å²) in [6.45, 7) is 4.19. The predicted octanol–water partition coefficient (Wildman–Crippen LogP) is 0.328. The average Bonchev–Trinajstić information content (AvgIpc) is 2.16. The number of aliphatic hydroxyl groups is 1. The van der Waals surface area contributed by atoms with Crippen molar-refractivity contribution in [1.82, 2.24) is 4.90 Å². The summed E-state index contributed by atoms with van der Waals surface area (Å²) in [5.41, 5.74) is 0. The molecular weight excluding hydrogens is 198 g/mol. The Balaban J connectivity index is 4.17. The van der Waals surface area contributed by atoms with Crippen LogP contribution in [0.25, 0.3) is 0 Å². The molecule has 0 saturated heterocycles. The van der Waals surface area contributed by atoms with Crippen LogP contribution in [0.15, 0.2) is 0 Å². The van der Waals surface area contributed by atoms with E-state index in [2.05, 4.69) is 0 Å². The SMILES string of the molecule is CC(C)C(=O)N(CCCO)CCC(=O)O. The third-order valence-electron chi connectivity index (χ3n) is 1.99. The summed E-state index contributed by atoms with van der Waals surface area (Å²) in [5.74, 6) is -1.12. The fourth-order valence-electron chi connectivity index (χ4n) is 1.19. The summed E-state index contributed by atoms with van der Waals surface area (Å²) < 4.78 is 0. The number of carboxylic acids is 1. The molecule has 0 heterocycles. The number of aliphatic carboxylic acids is 1. The van der Waals surface area contributed by atoms with E-state index in [1.54, 1.807) is 13.8 Å². The van der Waals surface area contributed by atoms with Crippen LogP contribution in [-0.2, 0) is 9.59 Å². The fourth-order valence-corrected chi connectivity index (χ4v) is 1.19. The molecule has 88 valence electrons. The van der Waals surface area contributed by atoms with Gasteiger partial charge in [0.2, 0.25) is 5.91 Å². The second-order valence-corrected chi connectivity index (χ2v) is 3.70. The van der Waals surface area contributed by atoms with Gasteiger partial charge in [-0.3, -0.25) is 9.59 Å². The van der Waals surface area contributed by atoms with Gasteiger partial charge in [-0.25, -0.2) is 0 Å². The molecule has 15 heavy (non-hydrogen) atoms. The maximum absolute atomic E-state index is 11.6. The summed E-state index contributed by atoms with van der Waals surface area (Å²) in [4.78, 5) is 23.5. The van der Waals surface area contributed by atoms with Crippen molar-refractivity contribution in [2.75, 3.05) is 19.7 Å². The zero-order chi connectivity index (χ0) is 11.8. The maximum atomic E-state index is 11.6. The highest BCUT2D eigenvalue weighted by Crippen LogP contribution is 2.03. The van der Waals surface area contributed by atoms with E-state index < -0.39 is 5.97 Å². The van der Waals surface area contributed by atoms with Crippen LogP contribution in [0.1, 0.15) is 26.7 Å². The van der Waals surface area contributed by atoms with Crippen molar-refractivity contribution in [3.63, 3.8) is 0 Å². The van der Waals surface area contributed by atoms with Gasteiger partial charge in [-0.05, 0) is 6.42 Å². The van der Waals surface area contributed by atoms with Crippen molar-refractivity contribution in [3.8, 4) is 0 Å². The van der Waals surface area contributed by atoms with E-state index in [-0.39, 0.29) is 31.4 Å². The lowest BCUT2D eigenvalue weighted by molar-refractivity contribution is -0.139. The third kappa shape index (κ3) is 6.06. The summed E-state index contributed by atoms with van der Waals surface area (Å²) in [7, 11) is 0. The third-order valence-corrected chi connectivity index (χ3v) is 1.99. The first-order chi connectivity index (χ1) is 6.99. The average molecular weight is 217 g/mol. The van der Waals surface area contributed by atoms with Crippen LogP contribution in [0.5, 0.6) is 0 Å². The molecule has 0 saturated carbocycles. The van der Waals surface area contributed by atoms with Gasteiger partial charge in [0.1, 0.15) is 0 Å². The lowest BCUT2D eigenvalue weighted by atomic mass is 10.2. The number of carbonyl (C=O) groups excluding carboxylic acids is 1. The molecule has 0 aliphatic rings. The number of nitrogens with zero attached hydrogens (tertiary/aromatic N) is 1. The molecule has 0 aromatic carbocycles. The van der Waals surface area contributed by atoms with Gasteiger partial charge in [0, 0.05) is 25.6 Å². The van der Waals surface area contributed by atoms with Crippen molar-refractivity contribution in [2.24, 2.45) is 5.92 Å². The van der Waals surface area contributed by atoms with Crippen molar-refractivity contribution in [3.05, 3.63) is 0 Å². The summed E-state index contributed by atoms with van der Waals surface area (Å²) in [6, 6.07) is 0. The minimum Gasteiger partial charge on any atom is -0.481 e. The number of rotatable bonds is 7. The zero-order valence-electron chi connectivity index (χ0n) is 9.27. The Bertz CT molecular complexity index is 215. The van der Waals surface area contributed by atoms with Gasteiger partial charge in [-0.1, -0.05) is 13.8 Å². The smallest absolute Gasteiger partial charge is 0.305 e. The Kier molecular flexibility index (Phi) is 6.70. The molecule has 0 spiro atoms. The Morgan fingerprint density at radius 3 is 2.27 bits per heavy atom. The normalized spacial score (nSPS) is 10.4. The molecule has 0 bridgehead atoms. The van der Waals surface area contributed by atoms with E-state index in [0.717, 1.165) is 0 Å². The monoisotopic (exact) mass is 217 g/mol. The van der Waals surface area contributed by atoms with Crippen LogP contribution in [-0.4, -0.2) is 46.7 Å². The maximum Gasteiger partial charge on any atom is 0.305 e. The first-order valence-corrected chi connectivity index (χ1v) is 5.10. The van der Waals surface area contributed by atoms with E-state index >= 15 is 0 Å². The molecule has 1 amide bonds. The van der Waals surface area contributed by atoms with Gasteiger partial charge in [-0.15, -0.1) is 0 Å². The van der Waals surface area contributed by atoms with Gasteiger partial charge in [0.15, 0.2) is 0 Å². The highest BCUT2D eigenvalue weighted by Gasteiger charge is 2.17. The summed E-state index contributed by atoms with van der Waals surface area (Å²) in [6.07, 6.45) is 0.433. The van der Waals surface area contributed by atoms with Crippen LogP contribution in [0.2, 0.25) is 0 Å². The Labute approximate surface area is 89.7 Å². The molecule has 0 aromatic heterocycles. The second-order valence-electron chi connectivity index (χ2n) is 3.70. The van der Waals surface area contributed by atoms with Crippen LogP contribution in [0.4, 0.5) is 0 Å². The Morgan fingerprint density at radius 1 is 1.27 bits per heavy atom. The molecule has 0 aromatic rings. The zero-order valence-corrected chi connectivity index (χ0v) is 9.27. The minimum absolute atomic E-state index is 0.00888. The van der Waals surface area contributed by atoms with Gasteiger partial charge in [0.25, 0.3) is 0 Å². The topological polar surface area (TPSA) is 77.8 Å². The number of aliphatic hydroxyl groups excluding tert-OH is 1. The second kappa shape index (κ2) is 7.23. The van der Waals surface area contributed by atoms with Gasteiger partial charge < -0.3 is 15.1 Å². The van der Waals surface area contributed by atoms with E-state index in [1.165, 1.54) is 4.90 Å². The lowest BCUT2D eigenvalue weighted by Crippen LogP contribution is -2.37. The molecule has 0 rings (SSSR count). The van der Waals surface area contributed by atoms with Crippen molar-refractivity contribution < 1.29 is 19.8 Å². The Hall–Kier alpha value is -1.10. The molecule has 5 nitrogen and oxygen atoms in total. The molecule has 2 N–H and O–H groups in total. The largest absolute Gasteiger partial charge is 0.481 e. The highest BCUT2D eigenvalue weighted by atomic mass is 16.4. The van der Waals surface area contributed by atoms with Crippen molar-refractivity contribution in [1.29, 1.82) is 0 Å². The van der Waals surface area contributed by atoms with E-state index in [4.69, 9.17) is 10.2 Å². The summed E-state index contributed by atoms with van der Waals surface area (Å²) >= 11 is 0. The van der Waals surface area contributed by atoms with Crippen LogP contribution >= 0.6 is 0 Å². The molecular formula is C10H19NO4. The van der Waals surface area contributed by atoms with Gasteiger partial charge in [0.05, 0.1) is 6.42 Å². The summed E-state index contributed by atoms with van der Waals surface area (Å²) in [5, 5.41) is 17.2. The van der Waals surface area contributed by atoms with Gasteiger partial charge in [-0.2, -0.15) is 0 Å². The molecule has 0 aliphatic heterocycles. The van der Waals surface area contributed by atoms with Crippen molar-refractivity contribution in [2.45, 2.75) is 26.7 Å². The van der Waals surface area contributed by atoms with E-state index in [0.29, 0.717) is 13.0 Å². The first kappa shape index (κ1) is 13.9. The number of amides is 1. The van der Waals surface area contributed by atoms with E-state index in [1.807, 2.05) is 0 Å². The predicted molar refractivity (Wildman–Crippen MR) is 55.4 cm³/mol. The minimum atomic E-state index is -0.916. The van der Waals surface area contributed by atoms with E-state index in [9.17, 15) is 9.59 Å². The van der Waals surface area contributed by atoms with Gasteiger partial charge >= 0.3 is 5.97 Å². The molecule has 5 heteroatoms. The standard InChI is InChI=1S/C10H19NO4/c1-8(2)10(15)11(5-3-7-12)6-4-9(13)14/h8,12H,3-7H2,1-2H3,(H,13,14). The fraction of sp³-hybridized carbons (Fsp3) is 0.800. The number of hydrogen-bond donors (Lipinski definition) is 2. The highest BCUT2D eigenvalue weighted by molar-refractivity contribution is 5.78. The number of hydrogen-bond acceptors (Lipinski definition) is 3. The van der Waals surface area contributed by atoms with Crippen LogP contribution in [0.3, 0.4) is 0 Å². The first-order valence-electron chi connectivity index (χ1n) is 5.10. The lowest BCUT2D eigenvalue weighted by Gasteiger charge is -2.23.